The fraction of sp³-hybridized carbons (Fsp3) is 0.214. The van der Waals surface area contributed by atoms with Gasteiger partial charge in [-0.25, -0.2) is 14.6 Å². The molecule has 2 heterocycles. The molecular weight excluding hydrogens is 268 g/mol. The van der Waals surface area contributed by atoms with Crippen molar-refractivity contribution in [2.24, 2.45) is 5.73 Å². The summed E-state index contributed by atoms with van der Waals surface area (Å²) in [5.41, 5.74) is 7.16. The van der Waals surface area contributed by atoms with Gasteiger partial charge in [0.05, 0.1) is 24.4 Å². The second kappa shape index (κ2) is 5.76. The van der Waals surface area contributed by atoms with E-state index in [4.69, 9.17) is 10.5 Å². The van der Waals surface area contributed by atoms with Gasteiger partial charge in [0.25, 0.3) is 0 Å². The molecule has 3 aromatic rings. The first-order chi connectivity index (χ1) is 10.3. The van der Waals surface area contributed by atoms with Crippen LogP contribution in [0.1, 0.15) is 0 Å². The van der Waals surface area contributed by atoms with Crippen LogP contribution in [0.4, 0.5) is 5.82 Å². The number of methoxy groups -OCH3 is 1. The number of nitrogens with one attached hydrogen (secondary N) is 1. The van der Waals surface area contributed by atoms with Crippen molar-refractivity contribution in [3.63, 3.8) is 0 Å². The lowest BCUT2D eigenvalue weighted by Gasteiger charge is -2.06. The Bertz CT molecular complexity index is 737. The standard InChI is InChI=1S/C14H16N6O/c1-21-11-4-2-10(3-5-11)20-14-12(8-19-20)13(16-7-6-15)17-9-18-14/h2-5,8-9H,6-7,15H2,1H3,(H,16,17,18). The molecule has 7 heteroatoms. The summed E-state index contributed by atoms with van der Waals surface area (Å²) in [4.78, 5) is 8.54. The highest BCUT2D eigenvalue weighted by atomic mass is 16.5. The first-order valence-corrected chi connectivity index (χ1v) is 6.60. The lowest BCUT2D eigenvalue weighted by Crippen LogP contribution is -2.14. The summed E-state index contributed by atoms with van der Waals surface area (Å²) in [6.45, 7) is 1.19. The first-order valence-electron chi connectivity index (χ1n) is 6.60. The Kier molecular flexibility index (Phi) is 3.65. The third-order valence-corrected chi connectivity index (χ3v) is 3.12. The van der Waals surface area contributed by atoms with Crippen LogP contribution < -0.4 is 15.8 Å². The van der Waals surface area contributed by atoms with Crippen molar-refractivity contribution in [2.45, 2.75) is 0 Å². The average molecular weight is 284 g/mol. The molecule has 1 aromatic carbocycles. The van der Waals surface area contributed by atoms with Crippen LogP contribution in [0.25, 0.3) is 16.7 Å². The summed E-state index contributed by atoms with van der Waals surface area (Å²) in [7, 11) is 1.64. The van der Waals surface area contributed by atoms with Gasteiger partial charge >= 0.3 is 0 Å². The Labute approximate surface area is 121 Å². The smallest absolute Gasteiger partial charge is 0.168 e. The Morgan fingerprint density at radius 2 is 2.05 bits per heavy atom. The van der Waals surface area contributed by atoms with Crippen LogP contribution in [0.5, 0.6) is 5.75 Å². The van der Waals surface area contributed by atoms with E-state index in [2.05, 4.69) is 20.4 Å². The van der Waals surface area contributed by atoms with Gasteiger partial charge in [-0.15, -0.1) is 0 Å². The fourth-order valence-electron chi connectivity index (χ4n) is 2.09. The minimum absolute atomic E-state index is 0.540. The van der Waals surface area contributed by atoms with Crippen LogP contribution in [0.15, 0.2) is 36.8 Å². The molecule has 108 valence electrons. The van der Waals surface area contributed by atoms with Gasteiger partial charge in [-0.3, -0.25) is 0 Å². The lowest BCUT2D eigenvalue weighted by molar-refractivity contribution is 0.414. The van der Waals surface area contributed by atoms with E-state index >= 15 is 0 Å². The average Bonchev–Trinajstić information content (AvgIpc) is 2.97. The zero-order chi connectivity index (χ0) is 14.7. The second-order valence-electron chi connectivity index (χ2n) is 4.43. The molecule has 7 nitrogen and oxygen atoms in total. The number of nitrogens with two attached hydrogens (primary N) is 1. The van der Waals surface area contributed by atoms with Crippen molar-refractivity contribution in [3.8, 4) is 11.4 Å². The summed E-state index contributed by atoms with van der Waals surface area (Å²) in [6.07, 6.45) is 3.27. The van der Waals surface area contributed by atoms with Gasteiger partial charge in [0, 0.05) is 13.1 Å². The number of hydrogen-bond acceptors (Lipinski definition) is 6. The maximum Gasteiger partial charge on any atom is 0.168 e. The van der Waals surface area contributed by atoms with Gasteiger partial charge in [0.15, 0.2) is 5.65 Å². The van der Waals surface area contributed by atoms with Crippen molar-refractivity contribution in [3.05, 3.63) is 36.8 Å². The van der Waals surface area contributed by atoms with E-state index in [9.17, 15) is 0 Å². The van der Waals surface area contributed by atoms with Crippen molar-refractivity contribution in [2.75, 3.05) is 25.5 Å². The van der Waals surface area contributed by atoms with E-state index in [1.165, 1.54) is 6.33 Å². The van der Waals surface area contributed by atoms with Gasteiger partial charge < -0.3 is 15.8 Å². The molecule has 0 unspecified atom stereocenters. The van der Waals surface area contributed by atoms with E-state index in [1.54, 1.807) is 18.0 Å². The Balaban J connectivity index is 2.03. The van der Waals surface area contributed by atoms with E-state index in [0.717, 1.165) is 28.3 Å². The molecule has 3 rings (SSSR count). The molecule has 0 aliphatic rings. The second-order valence-corrected chi connectivity index (χ2v) is 4.43. The molecule has 0 atom stereocenters. The molecule has 0 spiro atoms. The number of rotatable bonds is 5. The highest BCUT2D eigenvalue weighted by Gasteiger charge is 2.10. The zero-order valence-electron chi connectivity index (χ0n) is 11.7. The number of nitrogens with zero attached hydrogens (tertiary/aromatic N) is 4. The molecule has 0 fully saturated rings. The molecule has 0 aliphatic carbocycles. The van der Waals surface area contributed by atoms with Crippen molar-refractivity contribution in [1.82, 2.24) is 19.7 Å². The summed E-state index contributed by atoms with van der Waals surface area (Å²) < 4.78 is 6.93. The molecular formula is C14H16N6O. The van der Waals surface area contributed by atoms with Gasteiger partial charge in [-0.1, -0.05) is 0 Å². The van der Waals surface area contributed by atoms with Crippen molar-refractivity contribution in [1.29, 1.82) is 0 Å². The highest BCUT2D eigenvalue weighted by molar-refractivity contribution is 5.87. The summed E-state index contributed by atoms with van der Waals surface area (Å²) in [5.74, 6) is 1.54. The highest BCUT2D eigenvalue weighted by Crippen LogP contribution is 2.22. The van der Waals surface area contributed by atoms with E-state index in [1.807, 2.05) is 24.3 Å². The quantitative estimate of drug-likeness (QED) is 0.731. The minimum Gasteiger partial charge on any atom is -0.497 e. The number of fused-ring (bicyclic) bond motifs is 1. The molecule has 0 aliphatic heterocycles. The Morgan fingerprint density at radius 1 is 1.24 bits per heavy atom. The van der Waals surface area contributed by atoms with Crippen LogP contribution in [-0.4, -0.2) is 39.9 Å². The van der Waals surface area contributed by atoms with Crippen LogP contribution in [0.2, 0.25) is 0 Å². The summed E-state index contributed by atoms with van der Waals surface area (Å²) >= 11 is 0. The molecule has 21 heavy (non-hydrogen) atoms. The SMILES string of the molecule is COc1ccc(-n2ncc3c(NCCN)ncnc32)cc1. The maximum absolute atomic E-state index is 5.51. The lowest BCUT2D eigenvalue weighted by atomic mass is 10.3. The number of hydrogen-bond donors (Lipinski definition) is 2. The van der Waals surface area contributed by atoms with Crippen LogP contribution in [0, 0.1) is 0 Å². The number of aromatic nitrogens is 4. The summed E-state index contributed by atoms with van der Waals surface area (Å²) in [6, 6.07) is 7.63. The normalized spacial score (nSPS) is 10.8. The van der Waals surface area contributed by atoms with E-state index in [-0.39, 0.29) is 0 Å². The van der Waals surface area contributed by atoms with E-state index in [0.29, 0.717) is 13.1 Å². The molecule has 0 amide bonds. The maximum atomic E-state index is 5.51. The molecule has 2 aromatic heterocycles. The predicted molar refractivity (Wildman–Crippen MR) is 80.8 cm³/mol. The number of anilines is 1. The molecule has 3 N–H and O–H groups in total. The van der Waals surface area contributed by atoms with Crippen LogP contribution in [0.3, 0.4) is 0 Å². The van der Waals surface area contributed by atoms with Gasteiger partial charge in [0.2, 0.25) is 0 Å². The van der Waals surface area contributed by atoms with Gasteiger partial charge in [0.1, 0.15) is 17.9 Å². The number of benzene rings is 1. The van der Waals surface area contributed by atoms with Crippen molar-refractivity contribution < 1.29 is 4.74 Å². The van der Waals surface area contributed by atoms with Crippen LogP contribution in [-0.2, 0) is 0 Å². The zero-order valence-corrected chi connectivity index (χ0v) is 11.7. The topological polar surface area (TPSA) is 90.9 Å². The van der Waals surface area contributed by atoms with Crippen LogP contribution >= 0.6 is 0 Å². The monoisotopic (exact) mass is 284 g/mol. The number of ether oxygens (including phenoxy) is 1. The fourth-order valence-corrected chi connectivity index (χ4v) is 2.09. The molecule has 0 saturated carbocycles. The summed E-state index contributed by atoms with van der Waals surface area (Å²) in [5, 5.41) is 8.43. The van der Waals surface area contributed by atoms with Gasteiger partial charge in [-0.2, -0.15) is 5.10 Å². The first kappa shape index (κ1) is 13.3. The Hall–Kier alpha value is -2.67. The largest absolute Gasteiger partial charge is 0.497 e. The van der Waals surface area contributed by atoms with Crippen molar-refractivity contribution >= 4 is 16.9 Å². The predicted octanol–water partition coefficient (Wildman–Crippen LogP) is 1.19. The molecule has 0 bridgehead atoms. The third-order valence-electron chi connectivity index (χ3n) is 3.12. The van der Waals surface area contributed by atoms with E-state index < -0.39 is 0 Å². The molecule has 0 saturated heterocycles. The third kappa shape index (κ3) is 2.50. The van der Waals surface area contributed by atoms with Gasteiger partial charge in [-0.05, 0) is 24.3 Å². The molecule has 0 radical (unpaired) electrons. The minimum atomic E-state index is 0.540. The Morgan fingerprint density at radius 3 is 2.76 bits per heavy atom.